The largest absolute Gasteiger partial charge is 0.379 e. The van der Waals surface area contributed by atoms with Crippen molar-refractivity contribution in [2.75, 3.05) is 34.0 Å². The molecule has 0 N–H and O–H groups in total. The SMILES string of the molecule is CCOCCON(OC)OC. The Morgan fingerprint density at radius 2 is 1.73 bits per heavy atom. The Hall–Kier alpha value is -0.200. The van der Waals surface area contributed by atoms with Crippen LogP contribution >= 0.6 is 0 Å². The number of nitrogens with zero attached hydrogens (tertiary/aromatic N) is 1. The van der Waals surface area contributed by atoms with Gasteiger partial charge in [-0.15, -0.1) is 0 Å². The summed E-state index contributed by atoms with van der Waals surface area (Å²) in [6.07, 6.45) is 0. The van der Waals surface area contributed by atoms with Crippen molar-refractivity contribution >= 4 is 0 Å². The van der Waals surface area contributed by atoms with Gasteiger partial charge in [0.25, 0.3) is 0 Å². The highest BCUT2D eigenvalue weighted by atomic mass is 17.2. The molecule has 0 saturated heterocycles. The molecule has 0 spiro atoms. The Morgan fingerprint density at radius 3 is 2.18 bits per heavy atom. The zero-order valence-electron chi connectivity index (χ0n) is 7.20. The number of hydrogen-bond donors (Lipinski definition) is 0. The van der Waals surface area contributed by atoms with Crippen molar-refractivity contribution in [2.24, 2.45) is 0 Å². The van der Waals surface area contributed by atoms with Crippen LogP contribution in [0.5, 0.6) is 0 Å². The topological polar surface area (TPSA) is 40.2 Å². The van der Waals surface area contributed by atoms with E-state index in [9.17, 15) is 0 Å². The molecule has 68 valence electrons. The zero-order chi connectivity index (χ0) is 8.53. The Balaban J connectivity index is 3.07. The maximum Gasteiger partial charge on any atom is 0.0970 e. The van der Waals surface area contributed by atoms with Crippen molar-refractivity contribution in [3.05, 3.63) is 0 Å². The first kappa shape index (κ1) is 10.8. The molecule has 0 radical (unpaired) electrons. The molecule has 0 aliphatic rings. The summed E-state index contributed by atoms with van der Waals surface area (Å²) in [6.45, 7) is 3.54. The number of rotatable bonds is 7. The molecule has 11 heavy (non-hydrogen) atoms. The monoisotopic (exact) mass is 165 g/mol. The number of ether oxygens (including phenoxy) is 1. The van der Waals surface area contributed by atoms with E-state index >= 15 is 0 Å². The Kier molecular flexibility index (Phi) is 7.76. The summed E-state index contributed by atoms with van der Waals surface area (Å²) in [5.74, 6) is 0. The van der Waals surface area contributed by atoms with Crippen molar-refractivity contribution in [2.45, 2.75) is 6.92 Å². The van der Waals surface area contributed by atoms with Gasteiger partial charge in [-0.2, -0.15) is 0 Å². The van der Waals surface area contributed by atoms with E-state index in [0.717, 1.165) is 5.39 Å². The molecule has 0 aromatic carbocycles. The molecule has 0 atom stereocenters. The molecule has 0 heterocycles. The second-order valence-corrected chi connectivity index (χ2v) is 1.62. The van der Waals surface area contributed by atoms with Gasteiger partial charge in [-0.05, 0) is 6.92 Å². The van der Waals surface area contributed by atoms with Crippen molar-refractivity contribution in [3.63, 3.8) is 0 Å². The van der Waals surface area contributed by atoms with Gasteiger partial charge in [0.1, 0.15) is 0 Å². The Labute approximate surface area is 66.6 Å². The minimum absolute atomic E-state index is 0.412. The van der Waals surface area contributed by atoms with E-state index in [1.165, 1.54) is 14.2 Å². The lowest BCUT2D eigenvalue weighted by Gasteiger charge is -2.14. The van der Waals surface area contributed by atoms with Crippen LogP contribution in [0.3, 0.4) is 0 Å². The van der Waals surface area contributed by atoms with Gasteiger partial charge < -0.3 is 4.74 Å². The van der Waals surface area contributed by atoms with Gasteiger partial charge in [-0.1, -0.05) is 0 Å². The molecule has 0 rings (SSSR count). The predicted molar refractivity (Wildman–Crippen MR) is 38.3 cm³/mol. The quantitative estimate of drug-likeness (QED) is 0.403. The summed E-state index contributed by atoms with van der Waals surface area (Å²) >= 11 is 0. The third-order valence-corrected chi connectivity index (χ3v) is 0.927. The molecule has 5 heteroatoms. The lowest BCUT2D eigenvalue weighted by atomic mass is 10.7. The first-order valence-electron chi connectivity index (χ1n) is 3.44. The fourth-order valence-corrected chi connectivity index (χ4v) is 0.495. The van der Waals surface area contributed by atoms with Gasteiger partial charge in [0.2, 0.25) is 0 Å². The van der Waals surface area contributed by atoms with Crippen LogP contribution in [0.15, 0.2) is 0 Å². The smallest absolute Gasteiger partial charge is 0.0970 e. The van der Waals surface area contributed by atoms with Gasteiger partial charge in [0.05, 0.1) is 32.8 Å². The maximum atomic E-state index is 5.01. The minimum Gasteiger partial charge on any atom is -0.379 e. The molecular weight excluding hydrogens is 150 g/mol. The lowest BCUT2D eigenvalue weighted by Crippen LogP contribution is -2.23. The van der Waals surface area contributed by atoms with E-state index in [-0.39, 0.29) is 0 Å². The molecule has 0 unspecified atom stereocenters. The third kappa shape index (κ3) is 6.21. The summed E-state index contributed by atoms with van der Waals surface area (Å²) in [5, 5.41) is 0.916. The first-order valence-corrected chi connectivity index (χ1v) is 3.44. The highest BCUT2D eigenvalue weighted by molar-refractivity contribution is 4.21. The average Bonchev–Trinajstić information content (AvgIpc) is 2.05. The van der Waals surface area contributed by atoms with E-state index in [1.807, 2.05) is 6.92 Å². The molecule has 0 saturated carbocycles. The van der Waals surface area contributed by atoms with Crippen molar-refractivity contribution < 1.29 is 19.2 Å². The first-order chi connectivity index (χ1) is 5.35. The molecule has 0 amide bonds. The normalized spacial score (nSPS) is 10.9. The zero-order valence-corrected chi connectivity index (χ0v) is 7.20. The van der Waals surface area contributed by atoms with Crippen molar-refractivity contribution in [3.8, 4) is 0 Å². The van der Waals surface area contributed by atoms with Gasteiger partial charge in [0.15, 0.2) is 0 Å². The molecule has 5 nitrogen and oxygen atoms in total. The van der Waals surface area contributed by atoms with Crippen LogP contribution in [0.2, 0.25) is 0 Å². The summed E-state index contributed by atoms with van der Waals surface area (Å²) in [7, 11) is 2.90. The van der Waals surface area contributed by atoms with Crippen LogP contribution in [-0.4, -0.2) is 39.4 Å². The number of hydrogen-bond acceptors (Lipinski definition) is 5. The highest BCUT2D eigenvalue weighted by Gasteiger charge is 1.99. The van der Waals surface area contributed by atoms with Crippen LogP contribution < -0.4 is 0 Å². The van der Waals surface area contributed by atoms with Crippen molar-refractivity contribution in [1.82, 2.24) is 5.39 Å². The van der Waals surface area contributed by atoms with Gasteiger partial charge in [-0.25, -0.2) is 4.84 Å². The molecule has 0 aliphatic heterocycles. The summed E-state index contributed by atoms with van der Waals surface area (Å²) < 4.78 is 5.01. The summed E-state index contributed by atoms with van der Waals surface area (Å²) in [6, 6.07) is 0. The summed E-state index contributed by atoms with van der Waals surface area (Å²) in [5.41, 5.74) is 0. The van der Waals surface area contributed by atoms with Gasteiger partial charge in [0, 0.05) is 6.61 Å². The van der Waals surface area contributed by atoms with Crippen LogP contribution in [0.25, 0.3) is 0 Å². The summed E-state index contributed by atoms with van der Waals surface area (Å²) in [4.78, 5) is 14.1. The van der Waals surface area contributed by atoms with Crippen molar-refractivity contribution in [1.29, 1.82) is 0 Å². The molecule has 0 aliphatic carbocycles. The van der Waals surface area contributed by atoms with E-state index in [4.69, 9.17) is 9.57 Å². The standard InChI is InChI=1S/C6H15NO4/c1-4-10-5-6-11-7(8-2)9-3/h4-6H2,1-3H3. The van der Waals surface area contributed by atoms with E-state index in [2.05, 4.69) is 9.68 Å². The molecule has 0 aromatic heterocycles. The van der Waals surface area contributed by atoms with Crippen LogP contribution in [0, 0.1) is 0 Å². The fourth-order valence-electron chi connectivity index (χ4n) is 0.495. The van der Waals surface area contributed by atoms with E-state index in [0.29, 0.717) is 19.8 Å². The lowest BCUT2D eigenvalue weighted by molar-refractivity contribution is -0.511. The van der Waals surface area contributed by atoms with Crippen LogP contribution in [-0.2, 0) is 19.2 Å². The Morgan fingerprint density at radius 1 is 1.09 bits per heavy atom. The second-order valence-electron chi connectivity index (χ2n) is 1.62. The average molecular weight is 165 g/mol. The van der Waals surface area contributed by atoms with Gasteiger partial charge in [-0.3, -0.25) is 9.68 Å². The predicted octanol–water partition coefficient (Wildman–Crippen LogP) is 0.379. The van der Waals surface area contributed by atoms with Gasteiger partial charge >= 0.3 is 0 Å². The van der Waals surface area contributed by atoms with E-state index < -0.39 is 0 Å². The Bertz CT molecular complexity index is 77.0. The van der Waals surface area contributed by atoms with Crippen LogP contribution in [0.4, 0.5) is 0 Å². The third-order valence-electron chi connectivity index (χ3n) is 0.927. The highest BCUT2D eigenvalue weighted by Crippen LogP contribution is 1.89. The maximum absolute atomic E-state index is 5.01. The molecular formula is C6H15NO4. The van der Waals surface area contributed by atoms with E-state index in [1.54, 1.807) is 0 Å². The molecule has 0 bridgehead atoms. The second kappa shape index (κ2) is 7.90. The fraction of sp³-hybridized carbons (Fsp3) is 1.00. The minimum atomic E-state index is 0.412. The molecule has 0 fully saturated rings. The molecule has 0 aromatic rings. The van der Waals surface area contributed by atoms with Crippen LogP contribution in [0.1, 0.15) is 6.92 Å².